The minimum Gasteiger partial charge on any atom is -0.395 e. The van der Waals surface area contributed by atoms with Gasteiger partial charge in [-0.25, -0.2) is 0 Å². The first-order valence-corrected chi connectivity index (χ1v) is 8.15. The molecule has 2 atom stereocenters. The zero-order valence-electron chi connectivity index (χ0n) is 12.2. The molecule has 2 rings (SSSR count). The molecule has 1 heterocycles. The number of aliphatic hydroxyl groups excluding tert-OH is 2. The average molecular weight is 307 g/mol. The highest BCUT2D eigenvalue weighted by Gasteiger charge is 2.30. The van der Waals surface area contributed by atoms with Crippen LogP contribution in [0.15, 0.2) is 11.4 Å². The summed E-state index contributed by atoms with van der Waals surface area (Å²) in [6.45, 7) is 0.0224. The monoisotopic (exact) mass is 307 g/mol. The molecule has 1 aliphatic rings. The number of amides is 1. The van der Waals surface area contributed by atoms with Crippen LogP contribution in [0.25, 0.3) is 0 Å². The van der Waals surface area contributed by atoms with Crippen molar-refractivity contribution in [2.75, 3.05) is 13.7 Å². The van der Waals surface area contributed by atoms with Crippen LogP contribution in [-0.4, -0.2) is 46.8 Å². The molecule has 0 aromatic carbocycles. The molecule has 0 radical (unpaired) electrons. The Hall–Kier alpha value is -1.35. The van der Waals surface area contributed by atoms with E-state index in [4.69, 9.17) is 5.11 Å². The minimum atomic E-state index is -0.434. The third kappa shape index (κ3) is 3.85. The molecule has 1 aliphatic carbocycles. The van der Waals surface area contributed by atoms with Gasteiger partial charge in [-0.3, -0.25) is 4.79 Å². The molecular formula is C16H21NO3S. The summed E-state index contributed by atoms with van der Waals surface area (Å²) in [4.78, 5) is 14.9. The van der Waals surface area contributed by atoms with Crippen molar-refractivity contribution in [3.8, 4) is 11.8 Å². The second-order valence-corrected chi connectivity index (χ2v) is 6.19. The number of thiophene rings is 1. The van der Waals surface area contributed by atoms with Crippen LogP contribution in [0, 0.1) is 11.8 Å². The second-order valence-electron chi connectivity index (χ2n) is 5.27. The summed E-state index contributed by atoms with van der Waals surface area (Å²) in [7, 11) is 1.76. The standard InChI is InChI=1S/C16H21NO3S/c1-17(13-7-2-3-8-14(13)19)16(20)15-12(9-11-21-15)6-4-5-10-18/h9,11,13-14,18-19H,2-3,5,7-8,10H2,1H3. The van der Waals surface area contributed by atoms with Crippen molar-refractivity contribution in [2.45, 2.75) is 44.2 Å². The fourth-order valence-corrected chi connectivity index (χ4v) is 3.47. The molecule has 0 aliphatic heterocycles. The van der Waals surface area contributed by atoms with E-state index in [0.29, 0.717) is 16.9 Å². The average Bonchev–Trinajstić information content (AvgIpc) is 2.95. The number of carbonyl (C=O) groups excluding carboxylic acids is 1. The number of carbonyl (C=O) groups is 1. The van der Waals surface area contributed by atoms with Crippen molar-refractivity contribution in [2.24, 2.45) is 0 Å². The molecule has 114 valence electrons. The van der Waals surface area contributed by atoms with Crippen molar-refractivity contribution >= 4 is 17.2 Å². The van der Waals surface area contributed by atoms with Crippen molar-refractivity contribution in [3.05, 3.63) is 21.9 Å². The topological polar surface area (TPSA) is 60.8 Å². The summed E-state index contributed by atoms with van der Waals surface area (Å²) in [5.41, 5.74) is 0.704. The molecule has 0 saturated heterocycles. The highest BCUT2D eigenvalue weighted by molar-refractivity contribution is 7.12. The van der Waals surface area contributed by atoms with Crippen molar-refractivity contribution in [3.63, 3.8) is 0 Å². The third-order valence-corrected chi connectivity index (χ3v) is 4.73. The van der Waals surface area contributed by atoms with E-state index in [1.165, 1.54) is 11.3 Å². The third-order valence-electron chi connectivity index (χ3n) is 3.83. The molecule has 2 N–H and O–H groups in total. The van der Waals surface area contributed by atoms with E-state index >= 15 is 0 Å². The first-order chi connectivity index (χ1) is 10.1. The van der Waals surface area contributed by atoms with Gasteiger partial charge in [0.15, 0.2) is 0 Å². The number of hydrogen-bond donors (Lipinski definition) is 2. The lowest BCUT2D eigenvalue weighted by Gasteiger charge is -2.35. The minimum absolute atomic E-state index is 0.0224. The van der Waals surface area contributed by atoms with Gasteiger partial charge in [-0.05, 0) is 24.3 Å². The summed E-state index contributed by atoms with van der Waals surface area (Å²) in [5.74, 6) is 5.70. The summed E-state index contributed by atoms with van der Waals surface area (Å²) in [6, 6.07) is 1.72. The molecule has 0 spiro atoms. The molecule has 2 unspecified atom stereocenters. The lowest BCUT2D eigenvalue weighted by molar-refractivity contribution is 0.0271. The molecule has 4 nitrogen and oxygen atoms in total. The second kappa shape index (κ2) is 7.60. The first kappa shape index (κ1) is 16.0. The van der Waals surface area contributed by atoms with E-state index in [2.05, 4.69) is 11.8 Å². The Morgan fingerprint density at radius 3 is 2.95 bits per heavy atom. The normalized spacial score (nSPS) is 21.5. The molecule has 1 aromatic heterocycles. The van der Waals surface area contributed by atoms with Gasteiger partial charge < -0.3 is 15.1 Å². The highest BCUT2D eigenvalue weighted by Crippen LogP contribution is 2.25. The van der Waals surface area contributed by atoms with Gasteiger partial charge in [-0.1, -0.05) is 24.7 Å². The van der Waals surface area contributed by atoms with Gasteiger partial charge in [-0.15, -0.1) is 11.3 Å². The SMILES string of the molecule is CN(C(=O)c1sccc1C#CCCO)C1CCCCC1O. The Bertz CT molecular complexity index is 543. The first-order valence-electron chi connectivity index (χ1n) is 7.27. The fourth-order valence-electron chi connectivity index (χ4n) is 2.64. The Morgan fingerprint density at radius 1 is 1.48 bits per heavy atom. The summed E-state index contributed by atoms with van der Waals surface area (Å²) < 4.78 is 0. The Morgan fingerprint density at radius 2 is 2.24 bits per heavy atom. The molecule has 1 aromatic rings. The Labute approximate surface area is 129 Å². The number of aliphatic hydroxyl groups is 2. The van der Waals surface area contributed by atoms with E-state index in [0.717, 1.165) is 25.7 Å². The van der Waals surface area contributed by atoms with Gasteiger partial charge >= 0.3 is 0 Å². The molecule has 5 heteroatoms. The van der Waals surface area contributed by atoms with Crippen LogP contribution in [0.5, 0.6) is 0 Å². The van der Waals surface area contributed by atoms with Gasteiger partial charge in [0.05, 0.1) is 18.8 Å². The molecule has 0 bridgehead atoms. The van der Waals surface area contributed by atoms with Crippen LogP contribution in [0.1, 0.15) is 47.3 Å². The van der Waals surface area contributed by atoms with Gasteiger partial charge in [0, 0.05) is 19.0 Å². The maximum absolute atomic E-state index is 12.6. The lowest BCUT2D eigenvalue weighted by Crippen LogP contribution is -2.46. The van der Waals surface area contributed by atoms with Crippen LogP contribution in [0.2, 0.25) is 0 Å². The Balaban J connectivity index is 2.13. The number of likely N-dealkylation sites (N-methyl/N-ethyl adjacent to an activating group) is 1. The van der Waals surface area contributed by atoms with Gasteiger partial charge in [0.1, 0.15) is 4.88 Å². The van der Waals surface area contributed by atoms with Crippen molar-refractivity contribution in [1.29, 1.82) is 0 Å². The van der Waals surface area contributed by atoms with E-state index in [-0.39, 0.29) is 18.6 Å². The smallest absolute Gasteiger partial charge is 0.265 e. The molecule has 1 amide bonds. The van der Waals surface area contributed by atoms with E-state index in [1.54, 1.807) is 11.9 Å². The van der Waals surface area contributed by atoms with E-state index in [1.807, 2.05) is 11.4 Å². The van der Waals surface area contributed by atoms with Crippen LogP contribution in [0.3, 0.4) is 0 Å². The Kier molecular flexibility index (Phi) is 5.80. The van der Waals surface area contributed by atoms with Crippen molar-refractivity contribution in [1.82, 2.24) is 4.90 Å². The molecule has 1 saturated carbocycles. The summed E-state index contributed by atoms with van der Waals surface area (Å²) >= 11 is 1.37. The maximum atomic E-state index is 12.6. The predicted octanol–water partition coefficient (Wildman–Crippen LogP) is 1.86. The zero-order valence-corrected chi connectivity index (χ0v) is 13.0. The lowest BCUT2D eigenvalue weighted by atomic mass is 9.91. The van der Waals surface area contributed by atoms with Crippen LogP contribution in [0.4, 0.5) is 0 Å². The zero-order chi connectivity index (χ0) is 15.2. The van der Waals surface area contributed by atoms with Gasteiger partial charge in [-0.2, -0.15) is 0 Å². The fraction of sp³-hybridized carbons (Fsp3) is 0.562. The van der Waals surface area contributed by atoms with Crippen LogP contribution < -0.4 is 0 Å². The van der Waals surface area contributed by atoms with E-state index < -0.39 is 6.10 Å². The van der Waals surface area contributed by atoms with Crippen molar-refractivity contribution < 1.29 is 15.0 Å². The molecule has 1 fully saturated rings. The van der Waals surface area contributed by atoms with E-state index in [9.17, 15) is 9.90 Å². The van der Waals surface area contributed by atoms with Gasteiger partial charge in [0.2, 0.25) is 0 Å². The van der Waals surface area contributed by atoms with Crippen LogP contribution >= 0.6 is 11.3 Å². The molecular weight excluding hydrogens is 286 g/mol. The van der Waals surface area contributed by atoms with Crippen LogP contribution in [-0.2, 0) is 0 Å². The number of hydrogen-bond acceptors (Lipinski definition) is 4. The van der Waals surface area contributed by atoms with Gasteiger partial charge in [0.25, 0.3) is 5.91 Å². The number of nitrogens with zero attached hydrogens (tertiary/aromatic N) is 1. The summed E-state index contributed by atoms with van der Waals surface area (Å²) in [5, 5.41) is 20.7. The highest BCUT2D eigenvalue weighted by atomic mass is 32.1. The largest absolute Gasteiger partial charge is 0.395 e. The molecule has 21 heavy (non-hydrogen) atoms. The quantitative estimate of drug-likeness (QED) is 0.838. The maximum Gasteiger partial charge on any atom is 0.265 e. The predicted molar refractivity (Wildman–Crippen MR) is 83.3 cm³/mol. The number of rotatable bonds is 3. The summed E-state index contributed by atoms with van der Waals surface area (Å²) in [6.07, 6.45) is 3.65.